The van der Waals surface area contributed by atoms with Crippen LogP contribution in [0.25, 0.3) is 21.2 Å². The lowest BCUT2D eigenvalue weighted by Crippen LogP contribution is -2.34. The average molecular weight is 414 g/mol. The zero-order valence-corrected chi connectivity index (χ0v) is 16.9. The SMILES string of the molecule is O=C(CNC(=O)c1ccc(-c2ccccc2)cc1)N/N=C/c1csc2ccccc12. The second kappa shape index (κ2) is 9.15. The van der Waals surface area contributed by atoms with Crippen molar-refractivity contribution < 1.29 is 9.59 Å². The molecular weight excluding hydrogens is 394 g/mol. The van der Waals surface area contributed by atoms with Gasteiger partial charge in [-0.15, -0.1) is 11.3 Å². The fourth-order valence-electron chi connectivity index (χ4n) is 3.02. The van der Waals surface area contributed by atoms with Crippen LogP contribution in [0.3, 0.4) is 0 Å². The van der Waals surface area contributed by atoms with Crippen molar-refractivity contribution >= 4 is 39.5 Å². The maximum absolute atomic E-state index is 12.3. The highest BCUT2D eigenvalue weighted by atomic mass is 32.1. The van der Waals surface area contributed by atoms with E-state index in [-0.39, 0.29) is 18.4 Å². The molecule has 0 fully saturated rings. The van der Waals surface area contributed by atoms with Crippen LogP contribution in [0.2, 0.25) is 0 Å². The van der Waals surface area contributed by atoms with E-state index in [2.05, 4.69) is 15.8 Å². The first-order valence-corrected chi connectivity index (χ1v) is 10.3. The molecule has 0 aliphatic heterocycles. The summed E-state index contributed by atoms with van der Waals surface area (Å²) < 4.78 is 1.16. The Kier molecular flexibility index (Phi) is 5.96. The molecular formula is C24H19N3O2S. The molecule has 148 valence electrons. The number of thiophene rings is 1. The Morgan fingerprint density at radius 2 is 1.57 bits per heavy atom. The summed E-state index contributed by atoms with van der Waals surface area (Å²) in [7, 11) is 0. The van der Waals surface area contributed by atoms with Crippen molar-refractivity contribution in [3.8, 4) is 11.1 Å². The fourth-order valence-corrected chi connectivity index (χ4v) is 3.93. The maximum Gasteiger partial charge on any atom is 0.259 e. The average Bonchev–Trinajstić information content (AvgIpc) is 3.21. The van der Waals surface area contributed by atoms with Gasteiger partial charge in [0, 0.05) is 26.6 Å². The van der Waals surface area contributed by atoms with Crippen molar-refractivity contribution in [2.45, 2.75) is 0 Å². The number of rotatable bonds is 6. The Hall–Kier alpha value is -3.77. The molecule has 1 aromatic heterocycles. The van der Waals surface area contributed by atoms with Gasteiger partial charge in [0.25, 0.3) is 11.8 Å². The summed E-state index contributed by atoms with van der Waals surface area (Å²) in [6, 6.07) is 25.2. The third-order valence-corrected chi connectivity index (χ3v) is 5.55. The summed E-state index contributed by atoms with van der Waals surface area (Å²) in [5, 5.41) is 9.68. The molecule has 0 aliphatic carbocycles. The van der Waals surface area contributed by atoms with E-state index in [1.807, 2.05) is 72.1 Å². The minimum Gasteiger partial charge on any atom is -0.343 e. The monoisotopic (exact) mass is 413 g/mol. The Bertz CT molecular complexity index is 1200. The zero-order valence-electron chi connectivity index (χ0n) is 16.0. The molecule has 2 N–H and O–H groups in total. The molecule has 0 saturated heterocycles. The predicted octanol–water partition coefficient (Wildman–Crippen LogP) is 4.45. The molecule has 4 rings (SSSR count). The first kappa shape index (κ1) is 19.5. The summed E-state index contributed by atoms with van der Waals surface area (Å²) in [6.07, 6.45) is 1.61. The third kappa shape index (κ3) is 4.61. The lowest BCUT2D eigenvalue weighted by Gasteiger charge is -2.06. The van der Waals surface area contributed by atoms with Crippen molar-refractivity contribution in [2.75, 3.05) is 6.54 Å². The van der Waals surface area contributed by atoms with Gasteiger partial charge >= 0.3 is 0 Å². The lowest BCUT2D eigenvalue weighted by atomic mass is 10.0. The van der Waals surface area contributed by atoms with Crippen molar-refractivity contribution in [3.05, 3.63) is 95.4 Å². The van der Waals surface area contributed by atoms with Gasteiger partial charge in [0.15, 0.2) is 0 Å². The smallest absolute Gasteiger partial charge is 0.259 e. The van der Waals surface area contributed by atoms with Gasteiger partial charge in [-0.3, -0.25) is 9.59 Å². The second-order valence-corrected chi connectivity index (χ2v) is 7.52. The molecule has 0 saturated carbocycles. The van der Waals surface area contributed by atoms with Gasteiger partial charge in [-0.05, 0) is 29.3 Å². The van der Waals surface area contributed by atoms with E-state index in [1.54, 1.807) is 29.7 Å². The summed E-state index contributed by atoms with van der Waals surface area (Å²) in [6.45, 7) is -0.152. The van der Waals surface area contributed by atoms with Crippen molar-refractivity contribution in [3.63, 3.8) is 0 Å². The highest BCUT2D eigenvalue weighted by Crippen LogP contribution is 2.24. The standard InChI is InChI=1S/C24H19N3O2S/c28-23(27-26-14-20-16-30-22-9-5-4-8-21(20)22)15-25-24(29)19-12-10-18(11-13-19)17-6-2-1-3-7-17/h1-14,16H,15H2,(H,25,29)(H,27,28)/b26-14+. The van der Waals surface area contributed by atoms with Gasteiger partial charge in [-0.1, -0.05) is 60.7 Å². The first-order chi connectivity index (χ1) is 14.7. The van der Waals surface area contributed by atoms with Crippen LogP contribution in [0.1, 0.15) is 15.9 Å². The van der Waals surface area contributed by atoms with E-state index in [0.717, 1.165) is 26.8 Å². The molecule has 2 amide bonds. The largest absolute Gasteiger partial charge is 0.343 e. The molecule has 4 aromatic rings. The quantitative estimate of drug-likeness (QED) is 0.362. The Labute approximate surface area is 178 Å². The topological polar surface area (TPSA) is 70.6 Å². The van der Waals surface area contributed by atoms with Gasteiger partial charge in [-0.25, -0.2) is 5.43 Å². The van der Waals surface area contributed by atoms with Gasteiger partial charge in [0.05, 0.1) is 12.8 Å². The molecule has 5 nitrogen and oxygen atoms in total. The number of amides is 2. The van der Waals surface area contributed by atoms with E-state index in [0.29, 0.717) is 5.56 Å². The minimum absolute atomic E-state index is 0.152. The molecule has 30 heavy (non-hydrogen) atoms. The highest BCUT2D eigenvalue weighted by Gasteiger charge is 2.08. The minimum atomic E-state index is -0.389. The number of carbonyl (C=O) groups excluding carboxylic acids is 2. The van der Waals surface area contributed by atoms with Gasteiger partial charge < -0.3 is 5.32 Å². The molecule has 0 atom stereocenters. The van der Waals surface area contributed by atoms with E-state index < -0.39 is 0 Å². The molecule has 0 aliphatic rings. The van der Waals surface area contributed by atoms with Crippen LogP contribution in [0.4, 0.5) is 0 Å². The van der Waals surface area contributed by atoms with Gasteiger partial charge in [0.1, 0.15) is 0 Å². The normalized spacial score (nSPS) is 10.9. The van der Waals surface area contributed by atoms with Crippen LogP contribution in [-0.4, -0.2) is 24.6 Å². The van der Waals surface area contributed by atoms with Crippen molar-refractivity contribution in [2.24, 2.45) is 5.10 Å². The van der Waals surface area contributed by atoms with Crippen LogP contribution < -0.4 is 10.7 Å². The van der Waals surface area contributed by atoms with E-state index in [1.165, 1.54) is 0 Å². The number of nitrogens with one attached hydrogen (secondary N) is 2. The Morgan fingerprint density at radius 3 is 2.37 bits per heavy atom. The molecule has 0 unspecified atom stereocenters. The number of carbonyl (C=O) groups is 2. The van der Waals surface area contributed by atoms with Crippen LogP contribution in [0.15, 0.2) is 89.3 Å². The maximum atomic E-state index is 12.3. The fraction of sp³-hybridized carbons (Fsp3) is 0.0417. The lowest BCUT2D eigenvalue weighted by molar-refractivity contribution is -0.120. The van der Waals surface area contributed by atoms with Crippen molar-refractivity contribution in [1.82, 2.24) is 10.7 Å². The predicted molar refractivity (Wildman–Crippen MR) is 122 cm³/mol. The van der Waals surface area contributed by atoms with E-state index in [4.69, 9.17) is 0 Å². The number of fused-ring (bicyclic) bond motifs is 1. The Balaban J connectivity index is 1.29. The number of benzene rings is 3. The van der Waals surface area contributed by atoms with Crippen LogP contribution in [0.5, 0.6) is 0 Å². The van der Waals surface area contributed by atoms with Crippen LogP contribution >= 0.6 is 11.3 Å². The molecule has 0 spiro atoms. The number of nitrogens with zero attached hydrogens (tertiary/aromatic N) is 1. The molecule has 3 aromatic carbocycles. The molecule has 6 heteroatoms. The van der Waals surface area contributed by atoms with Gasteiger partial charge in [-0.2, -0.15) is 5.10 Å². The van der Waals surface area contributed by atoms with E-state index >= 15 is 0 Å². The number of hydrogen-bond acceptors (Lipinski definition) is 4. The first-order valence-electron chi connectivity index (χ1n) is 9.42. The molecule has 0 radical (unpaired) electrons. The van der Waals surface area contributed by atoms with Crippen molar-refractivity contribution in [1.29, 1.82) is 0 Å². The van der Waals surface area contributed by atoms with Crippen LogP contribution in [0, 0.1) is 0 Å². The third-order valence-electron chi connectivity index (χ3n) is 4.57. The molecule has 0 bridgehead atoms. The number of hydrazone groups is 1. The zero-order chi connectivity index (χ0) is 20.8. The van der Waals surface area contributed by atoms with E-state index in [9.17, 15) is 9.59 Å². The highest BCUT2D eigenvalue weighted by molar-refractivity contribution is 7.17. The second-order valence-electron chi connectivity index (χ2n) is 6.61. The summed E-state index contributed by atoms with van der Waals surface area (Å²) >= 11 is 1.62. The van der Waals surface area contributed by atoms with Gasteiger partial charge in [0.2, 0.25) is 0 Å². The Morgan fingerprint density at radius 1 is 0.867 bits per heavy atom. The summed E-state index contributed by atoms with van der Waals surface area (Å²) in [4.78, 5) is 24.2. The summed E-state index contributed by atoms with van der Waals surface area (Å²) in [5.41, 5.74) is 5.99. The molecule has 1 heterocycles. The summed E-state index contributed by atoms with van der Waals surface area (Å²) in [5.74, 6) is -0.697. The number of hydrogen-bond donors (Lipinski definition) is 2. The van der Waals surface area contributed by atoms with Crippen LogP contribution in [-0.2, 0) is 4.79 Å².